The standard InChI is InChI=1S/C86H168O17P2/c1-8-10-11-12-13-14-15-16-17-18-19-20-21-24-31-36-41-46-55-62-69-85(90)102-81(73-96-83(88)67-60-53-45-40-35-30-25-22-23-28-33-38-43-50-57-64-77(3)4)75-100-104(92,93)98-71-80(87)72-99-105(94,95)101-76-82(74-97-84(89)68-61-54-49-48-52-59-66-79(7)9-2)103-86(91)70-63-56-47-42-37-32-27-26-29-34-39-44-51-58-65-78(5)6/h77-82,87H,8-76H2,1-7H3,(H,92,93)(H,94,95)/t79?,80-,81-,82-/m1/s1. The molecule has 0 aliphatic carbocycles. The molecule has 0 aromatic rings. The van der Waals surface area contributed by atoms with Gasteiger partial charge in [-0.05, 0) is 43.4 Å². The fraction of sp³-hybridized carbons (Fsp3) is 0.953. The number of unbranched alkanes of at least 4 members (excludes halogenated alkanes) is 51. The molecule has 0 aliphatic rings. The fourth-order valence-corrected chi connectivity index (χ4v) is 14.9. The van der Waals surface area contributed by atoms with E-state index in [1.807, 2.05) is 0 Å². The average molecular weight is 1540 g/mol. The highest BCUT2D eigenvalue weighted by Crippen LogP contribution is 2.45. The molecule has 0 rings (SSSR count). The van der Waals surface area contributed by atoms with E-state index in [1.54, 1.807) is 0 Å². The number of esters is 4. The molecule has 0 radical (unpaired) electrons. The Balaban J connectivity index is 5.24. The lowest BCUT2D eigenvalue weighted by Crippen LogP contribution is -2.30. The van der Waals surface area contributed by atoms with Crippen molar-refractivity contribution in [3.8, 4) is 0 Å². The fourth-order valence-electron chi connectivity index (χ4n) is 13.3. The van der Waals surface area contributed by atoms with Crippen molar-refractivity contribution >= 4 is 39.5 Å². The molecule has 0 fully saturated rings. The lowest BCUT2D eigenvalue weighted by Gasteiger charge is -2.21. The van der Waals surface area contributed by atoms with E-state index >= 15 is 0 Å². The third-order valence-corrected chi connectivity index (χ3v) is 22.4. The Morgan fingerprint density at radius 2 is 0.486 bits per heavy atom. The zero-order chi connectivity index (χ0) is 77.2. The maximum Gasteiger partial charge on any atom is 0.472 e. The molecule has 0 heterocycles. The van der Waals surface area contributed by atoms with Crippen LogP contribution in [0.15, 0.2) is 0 Å². The van der Waals surface area contributed by atoms with Gasteiger partial charge in [-0.25, -0.2) is 9.13 Å². The van der Waals surface area contributed by atoms with Crippen molar-refractivity contribution < 1.29 is 80.2 Å². The van der Waals surface area contributed by atoms with Crippen LogP contribution >= 0.6 is 15.6 Å². The highest BCUT2D eigenvalue weighted by atomic mass is 31.2. The molecule has 0 aliphatic heterocycles. The molecule has 0 aromatic heterocycles. The maximum atomic E-state index is 13.1. The van der Waals surface area contributed by atoms with Gasteiger partial charge in [-0.15, -0.1) is 0 Å². The lowest BCUT2D eigenvalue weighted by atomic mass is 10.00. The Hall–Kier alpha value is -1.94. The summed E-state index contributed by atoms with van der Waals surface area (Å²) in [4.78, 5) is 73.2. The van der Waals surface area contributed by atoms with Gasteiger partial charge in [0.05, 0.1) is 26.4 Å². The molecule has 0 amide bonds. The van der Waals surface area contributed by atoms with Crippen molar-refractivity contribution in [2.45, 2.75) is 471 Å². The molecule has 6 atom stereocenters. The van der Waals surface area contributed by atoms with Gasteiger partial charge in [-0.1, -0.05) is 402 Å². The number of hydrogen-bond acceptors (Lipinski definition) is 15. The summed E-state index contributed by atoms with van der Waals surface area (Å²) >= 11 is 0. The molecule has 624 valence electrons. The number of carbonyl (C=O) groups excluding carboxylic acids is 4. The van der Waals surface area contributed by atoms with E-state index in [0.717, 1.165) is 114 Å². The number of hydrogen-bond donors (Lipinski definition) is 3. The number of phosphoric acid groups is 2. The molecule has 0 spiro atoms. The van der Waals surface area contributed by atoms with Gasteiger partial charge in [0.15, 0.2) is 12.2 Å². The lowest BCUT2D eigenvalue weighted by molar-refractivity contribution is -0.161. The largest absolute Gasteiger partial charge is 0.472 e. The zero-order valence-electron chi connectivity index (χ0n) is 69.2. The molecule has 19 heteroatoms. The van der Waals surface area contributed by atoms with E-state index in [9.17, 15) is 43.2 Å². The van der Waals surface area contributed by atoms with E-state index in [-0.39, 0.29) is 25.7 Å². The number of phosphoric ester groups is 2. The van der Waals surface area contributed by atoms with E-state index < -0.39 is 97.5 Å². The summed E-state index contributed by atoms with van der Waals surface area (Å²) in [7, 11) is -9.93. The Morgan fingerprint density at radius 1 is 0.276 bits per heavy atom. The van der Waals surface area contributed by atoms with Crippen molar-refractivity contribution in [2.24, 2.45) is 17.8 Å². The zero-order valence-corrected chi connectivity index (χ0v) is 71.0. The van der Waals surface area contributed by atoms with Crippen molar-refractivity contribution in [3.63, 3.8) is 0 Å². The SMILES string of the molecule is CCCCCCCCCCCCCCCCCCCCCCC(=O)O[C@H](COC(=O)CCCCCCCCCCCCCCCCCC(C)C)COP(=O)(O)OC[C@@H](O)COP(=O)(O)OC[C@@H](COC(=O)CCCCCCCCC(C)CC)OC(=O)CCCCCCCCCCCCCCCCC(C)C. The van der Waals surface area contributed by atoms with Crippen LogP contribution in [0.1, 0.15) is 453 Å². The molecular formula is C86H168O17P2. The second kappa shape index (κ2) is 76.1. The quantitative estimate of drug-likeness (QED) is 0.0222. The van der Waals surface area contributed by atoms with Gasteiger partial charge in [0.25, 0.3) is 0 Å². The third-order valence-electron chi connectivity index (χ3n) is 20.5. The number of aliphatic hydroxyl groups excluding tert-OH is 1. The van der Waals surface area contributed by atoms with Gasteiger partial charge in [0.1, 0.15) is 19.3 Å². The van der Waals surface area contributed by atoms with Gasteiger partial charge in [-0.2, -0.15) is 0 Å². The molecule has 0 aromatic carbocycles. The van der Waals surface area contributed by atoms with Crippen LogP contribution in [0.25, 0.3) is 0 Å². The van der Waals surface area contributed by atoms with Gasteiger partial charge in [0, 0.05) is 25.7 Å². The first-order valence-corrected chi connectivity index (χ1v) is 47.4. The van der Waals surface area contributed by atoms with E-state index in [4.69, 9.17) is 37.0 Å². The van der Waals surface area contributed by atoms with E-state index in [2.05, 4.69) is 48.5 Å². The van der Waals surface area contributed by atoms with Crippen LogP contribution in [0, 0.1) is 17.8 Å². The molecule has 0 saturated carbocycles. The van der Waals surface area contributed by atoms with Crippen LogP contribution in [0.3, 0.4) is 0 Å². The predicted molar refractivity (Wildman–Crippen MR) is 432 cm³/mol. The maximum absolute atomic E-state index is 13.1. The van der Waals surface area contributed by atoms with Crippen LogP contribution in [-0.2, 0) is 65.4 Å². The first-order chi connectivity index (χ1) is 50.8. The van der Waals surface area contributed by atoms with Crippen LogP contribution in [0.4, 0.5) is 0 Å². The summed E-state index contributed by atoms with van der Waals surface area (Å²) in [6, 6.07) is 0. The summed E-state index contributed by atoms with van der Waals surface area (Å²) in [5.41, 5.74) is 0. The summed E-state index contributed by atoms with van der Waals surface area (Å²) in [6.45, 7) is 12.0. The highest BCUT2D eigenvalue weighted by molar-refractivity contribution is 7.47. The van der Waals surface area contributed by atoms with Gasteiger partial charge >= 0.3 is 39.5 Å². The topological polar surface area (TPSA) is 237 Å². The van der Waals surface area contributed by atoms with Crippen LogP contribution < -0.4 is 0 Å². The Morgan fingerprint density at radius 3 is 0.724 bits per heavy atom. The van der Waals surface area contributed by atoms with Crippen molar-refractivity contribution in [1.82, 2.24) is 0 Å². The molecule has 3 N–H and O–H groups in total. The predicted octanol–water partition coefficient (Wildman–Crippen LogP) is 26.1. The first kappa shape index (κ1) is 103. The monoisotopic (exact) mass is 1540 g/mol. The number of carbonyl (C=O) groups is 4. The van der Waals surface area contributed by atoms with Crippen LogP contribution in [-0.4, -0.2) is 96.7 Å². The summed E-state index contributed by atoms with van der Waals surface area (Å²) in [5, 5.41) is 10.7. The van der Waals surface area contributed by atoms with Crippen LogP contribution in [0.2, 0.25) is 0 Å². The minimum atomic E-state index is -4.97. The van der Waals surface area contributed by atoms with E-state index in [0.29, 0.717) is 25.7 Å². The van der Waals surface area contributed by atoms with Crippen molar-refractivity contribution in [2.75, 3.05) is 39.6 Å². The number of rotatable bonds is 84. The summed E-state index contributed by atoms with van der Waals surface area (Å²) < 4.78 is 68.9. The normalized spacial score (nSPS) is 14.1. The summed E-state index contributed by atoms with van der Waals surface area (Å²) in [6.07, 6.45) is 66.7. The molecule has 105 heavy (non-hydrogen) atoms. The Kier molecular flexibility index (Phi) is 74.7. The smallest absolute Gasteiger partial charge is 0.462 e. The highest BCUT2D eigenvalue weighted by Gasteiger charge is 2.30. The Bertz CT molecular complexity index is 2030. The Labute approximate surface area is 645 Å². The van der Waals surface area contributed by atoms with Gasteiger partial charge in [-0.3, -0.25) is 37.3 Å². The molecule has 0 saturated heterocycles. The first-order valence-electron chi connectivity index (χ1n) is 44.4. The summed E-state index contributed by atoms with van der Waals surface area (Å²) in [5.74, 6) is 0.226. The average Bonchev–Trinajstić information content (AvgIpc) is 0.944. The minimum Gasteiger partial charge on any atom is -0.462 e. The second-order valence-electron chi connectivity index (χ2n) is 32.1. The van der Waals surface area contributed by atoms with Gasteiger partial charge in [0.2, 0.25) is 0 Å². The van der Waals surface area contributed by atoms with Crippen molar-refractivity contribution in [1.29, 1.82) is 0 Å². The minimum absolute atomic E-state index is 0.107. The molecular weight excluding hydrogens is 1370 g/mol. The van der Waals surface area contributed by atoms with E-state index in [1.165, 1.54) is 257 Å². The van der Waals surface area contributed by atoms with Crippen LogP contribution in [0.5, 0.6) is 0 Å². The molecule has 0 bridgehead atoms. The number of aliphatic hydroxyl groups is 1. The third kappa shape index (κ3) is 78.5. The van der Waals surface area contributed by atoms with Crippen molar-refractivity contribution in [3.05, 3.63) is 0 Å². The van der Waals surface area contributed by atoms with Gasteiger partial charge < -0.3 is 33.8 Å². The molecule has 17 nitrogen and oxygen atoms in total. The number of ether oxygens (including phenoxy) is 4. The molecule has 3 unspecified atom stereocenters. The second-order valence-corrected chi connectivity index (χ2v) is 35.0.